The van der Waals surface area contributed by atoms with Crippen molar-refractivity contribution >= 4 is 5.78 Å². The SMILES string of the molecule is CCC(C)N(CCOC)CC(C)C(=O)c1ccc(F)cn1. The van der Waals surface area contributed by atoms with Crippen LogP contribution in [0.15, 0.2) is 18.3 Å². The van der Waals surface area contributed by atoms with Crippen LogP contribution in [-0.2, 0) is 4.74 Å². The molecular weight excluding hydrogens is 271 g/mol. The molecule has 0 aliphatic carbocycles. The number of Topliss-reactive ketones (excluding diaryl/α,β-unsaturated/α-hetero) is 1. The van der Waals surface area contributed by atoms with Gasteiger partial charge in [0.1, 0.15) is 11.5 Å². The highest BCUT2D eigenvalue weighted by atomic mass is 19.1. The van der Waals surface area contributed by atoms with Crippen LogP contribution in [-0.4, -0.2) is 48.5 Å². The lowest BCUT2D eigenvalue weighted by atomic mass is 10.0. The van der Waals surface area contributed by atoms with Gasteiger partial charge < -0.3 is 4.74 Å². The van der Waals surface area contributed by atoms with E-state index in [9.17, 15) is 9.18 Å². The van der Waals surface area contributed by atoms with Crippen molar-refractivity contribution in [3.63, 3.8) is 0 Å². The van der Waals surface area contributed by atoms with E-state index in [0.29, 0.717) is 24.9 Å². The summed E-state index contributed by atoms with van der Waals surface area (Å²) in [6, 6.07) is 3.10. The number of carbonyl (C=O) groups excluding carboxylic acids is 1. The van der Waals surface area contributed by atoms with Gasteiger partial charge in [0.15, 0.2) is 5.78 Å². The Morgan fingerprint density at radius 2 is 2.14 bits per heavy atom. The summed E-state index contributed by atoms with van der Waals surface area (Å²) in [6.45, 7) is 8.23. The van der Waals surface area contributed by atoms with Gasteiger partial charge in [-0.25, -0.2) is 4.39 Å². The second-order valence-corrected chi connectivity index (χ2v) is 5.37. The average Bonchev–Trinajstić information content (AvgIpc) is 2.50. The summed E-state index contributed by atoms with van der Waals surface area (Å²) in [5.41, 5.74) is 0.319. The minimum atomic E-state index is -0.430. The second kappa shape index (κ2) is 8.85. The highest BCUT2D eigenvalue weighted by molar-refractivity contribution is 5.95. The molecule has 0 amide bonds. The molecule has 5 heteroatoms. The first-order chi connectivity index (χ1) is 9.99. The van der Waals surface area contributed by atoms with Gasteiger partial charge in [0.2, 0.25) is 0 Å². The molecule has 2 atom stereocenters. The van der Waals surface area contributed by atoms with Crippen LogP contribution in [0, 0.1) is 11.7 Å². The summed E-state index contributed by atoms with van der Waals surface area (Å²) in [4.78, 5) is 18.4. The maximum Gasteiger partial charge on any atom is 0.185 e. The van der Waals surface area contributed by atoms with Crippen LogP contribution in [0.1, 0.15) is 37.7 Å². The molecule has 1 heterocycles. The van der Waals surface area contributed by atoms with Crippen molar-refractivity contribution in [2.24, 2.45) is 5.92 Å². The third-order valence-electron chi connectivity index (χ3n) is 3.73. The Kier molecular flexibility index (Phi) is 7.47. The summed E-state index contributed by atoms with van der Waals surface area (Å²) in [5, 5.41) is 0. The Labute approximate surface area is 126 Å². The van der Waals surface area contributed by atoms with E-state index in [1.54, 1.807) is 7.11 Å². The molecule has 0 spiro atoms. The zero-order chi connectivity index (χ0) is 15.8. The fourth-order valence-corrected chi connectivity index (χ4v) is 2.17. The number of halogens is 1. The van der Waals surface area contributed by atoms with Gasteiger partial charge in [0.25, 0.3) is 0 Å². The topological polar surface area (TPSA) is 42.4 Å². The van der Waals surface area contributed by atoms with E-state index in [0.717, 1.165) is 19.2 Å². The third-order valence-corrected chi connectivity index (χ3v) is 3.73. The molecule has 0 bridgehead atoms. The number of pyridine rings is 1. The van der Waals surface area contributed by atoms with Crippen molar-refractivity contribution in [3.05, 3.63) is 29.8 Å². The molecule has 0 saturated heterocycles. The third kappa shape index (κ3) is 5.52. The van der Waals surface area contributed by atoms with Crippen molar-refractivity contribution in [1.82, 2.24) is 9.88 Å². The van der Waals surface area contributed by atoms with Gasteiger partial charge in [-0.15, -0.1) is 0 Å². The largest absolute Gasteiger partial charge is 0.383 e. The Hall–Kier alpha value is -1.33. The molecule has 4 nitrogen and oxygen atoms in total. The molecule has 0 N–H and O–H groups in total. The predicted octanol–water partition coefficient (Wildman–Crippen LogP) is 2.79. The molecule has 1 aromatic rings. The molecule has 0 fully saturated rings. The fraction of sp³-hybridized carbons (Fsp3) is 0.625. The summed E-state index contributed by atoms with van der Waals surface area (Å²) >= 11 is 0. The highest BCUT2D eigenvalue weighted by Crippen LogP contribution is 2.12. The van der Waals surface area contributed by atoms with Crippen molar-refractivity contribution in [3.8, 4) is 0 Å². The summed E-state index contributed by atoms with van der Waals surface area (Å²) in [5.74, 6) is -0.671. The van der Waals surface area contributed by atoms with E-state index < -0.39 is 5.82 Å². The Balaban J connectivity index is 2.69. The van der Waals surface area contributed by atoms with Crippen LogP contribution < -0.4 is 0 Å². The van der Waals surface area contributed by atoms with E-state index in [2.05, 4.69) is 23.7 Å². The van der Waals surface area contributed by atoms with Gasteiger partial charge in [0, 0.05) is 32.2 Å². The van der Waals surface area contributed by atoms with Crippen molar-refractivity contribution in [1.29, 1.82) is 0 Å². The van der Waals surface area contributed by atoms with Crippen LogP contribution in [0.25, 0.3) is 0 Å². The average molecular weight is 296 g/mol. The van der Waals surface area contributed by atoms with E-state index in [1.165, 1.54) is 12.1 Å². The number of hydrogen-bond acceptors (Lipinski definition) is 4. The van der Waals surface area contributed by atoms with Crippen molar-refractivity contribution < 1.29 is 13.9 Å². The maximum absolute atomic E-state index is 12.9. The Morgan fingerprint density at radius 1 is 1.43 bits per heavy atom. The number of ketones is 1. The molecule has 0 aromatic carbocycles. The monoisotopic (exact) mass is 296 g/mol. The summed E-state index contributed by atoms with van der Waals surface area (Å²) < 4.78 is 18.0. The molecule has 1 rings (SSSR count). The van der Waals surface area contributed by atoms with E-state index in [-0.39, 0.29) is 11.7 Å². The first-order valence-electron chi connectivity index (χ1n) is 7.38. The molecule has 21 heavy (non-hydrogen) atoms. The second-order valence-electron chi connectivity index (χ2n) is 5.37. The lowest BCUT2D eigenvalue weighted by Crippen LogP contribution is -2.40. The van der Waals surface area contributed by atoms with Crippen LogP contribution in [0.4, 0.5) is 4.39 Å². The minimum absolute atomic E-state index is 0.0549. The van der Waals surface area contributed by atoms with Gasteiger partial charge in [-0.1, -0.05) is 13.8 Å². The quantitative estimate of drug-likeness (QED) is 0.657. The standard InChI is InChI=1S/C16H25FN2O2/c1-5-13(3)19(8-9-21-4)11-12(2)16(20)15-7-6-14(17)10-18-15/h6-7,10,12-13H,5,8-9,11H2,1-4H3. The maximum atomic E-state index is 12.9. The number of aromatic nitrogens is 1. The van der Waals surface area contributed by atoms with E-state index in [4.69, 9.17) is 4.74 Å². The summed E-state index contributed by atoms with van der Waals surface area (Å²) in [6.07, 6.45) is 2.09. The minimum Gasteiger partial charge on any atom is -0.383 e. The van der Waals surface area contributed by atoms with Crippen molar-refractivity contribution in [2.45, 2.75) is 33.2 Å². The van der Waals surface area contributed by atoms with Crippen LogP contribution in [0.2, 0.25) is 0 Å². The Bertz CT molecular complexity index is 436. The molecule has 118 valence electrons. The number of rotatable bonds is 9. The zero-order valence-electron chi connectivity index (χ0n) is 13.3. The van der Waals surface area contributed by atoms with Gasteiger partial charge in [-0.05, 0) is 25.5 Å². The molecule has 0 saturated carbocycles. The Morgan fingerprint density at radius 3 is 2.67 bits per heavy atom. The van der Waals surface area contributed by atoms with Crippen LogP contribution in [0.3, 0.4) is 0 Å². The molecule has 0 radical (unpaired) electrons. The number of ether oxygens (including phenoxy) is 1. The molecule has 0 aliphatic rings. The molecular formula is C16H25FN2O2. The first-order valence-corrected chi connectivity index (χ1v) is 7.38. The van der Waals surface area contributed by atoms with Gasteiger partial charge >= 0.3 is 0 Å². The number of carbonyl (C=O) groups is 1. The first kappa shape index (κ1) is 17.7. The van der Waals surface area contributed by atoms with Gasteiger partial charge in [-0.2, -0.15) is 0 Å². The molecule has 0 aliphatic heterocycles. The lowest BCUT2D eigenvalue weighted by molar-refractivity contribution is 0.0811. The van der Waals surface area contributed by atoms with Gasteiger partial charge in [0.05, 0.1) is 12.8 Å². The molecule has 2 unspecified atom stereocenters. The fourth-order valence-electron chi connectivity index (χ4n) is 2.17. The smallest absolute Gasteiger partial charge is 0.185 e. The van der Waals surface area contributed by atoms with E-state index >= 15 is 0 Å². The normalized spacial score (nSPS) is 14.2. The number of hydrogen-bond donors (Lipinski definition) is 0. The zero-order valence-corrected chi connectivity index (χ0v) is 13.3. The number of methoxy groups -OCH3 is 1. The highest BCUT2D eigenvalue weighted by Gasteiger charge is 2.21. The van der Waals surface area contributed by atoms with Crippen LogP contribution in [0.5, 0.6) is 0 Å². The predicted molar refractivity (Wildman–Crippen MR) is 80.9 cm³/mol. The van der Waals surface area contributed by atoms with Crippen molar-refractivity contribution in [2.75, 3.05) is 26.8 Å². The summed E-state index contributed by atoms with van der Waals surface area (Å²) in [7, 11) is 1.67. The van der Waals surface area contributed by atoms with E-state index in [1.807, 2.05) is 6.92 Å². The lowest BCUT2D eigenvalue weighted by Gasteiger charge is -2.30. The van der Waals surface area contributed by atoms with Gasteiger partial charge in [-0.3, -0.25) is 14.7 Å². The molecule has 1 aromatic heterocycles. The van der Waals surface area contributed by atoms with Crippen LogP contribution >= 0.6 is 0 Å². The number of nitrogens with zero attached hydrogens (tertiary/aromatic N) is 2.